The number of halogens is 4. The summed E-state index contributed by atoms with van der Waals surface area (Å²) in [5.74, 6) is 0.489. The molecule has 0 atom stereocenters. The number of hydrogen-bond donors (Lipinski definition) is 0. The topological polar surface area (TPSA) is 0 Å². The van der Waals surface area contributed by atoms with Crippen molar-refractivity contribution in [3.8, 4) is 0 Å². The van der Waals surface area contributed by atoms with E-state index in [1.807, 2.05) is 0 Å². The zero-order valence-electron chi connectivity index (χ0n) is 16.6. The monoisotopic (exact) mass is 542 g/mol. The molecule has 0 amide bonds. The first-order valence-electron chi connectivity index (χ1n) is 8.48. The van der Waals surface area contributed by atoms with Gasteiger partial charge in [-0.05, 0) is 28.6 Å². The molecule has 1 aliphatic carbocycles. The van der Waals surface area contributed by atoms with Crippen LogP contribution in [-0.2, 0) is 26.2 Å². The Labute approximate surface area is 211 Å². The molecule has 0 aromatic heterocycles. The van der Waals surface area contributed by atoms with Crippen molar-refractivity contribution in [1.29, 1.82) is 0 Å². The fourth-order valence-corrected chi connectivity index (χ4v) is 6.75. The van der Waals surface area contributed by atoms with Crippen LogP contribution in [0.1, 0.15) is 46.6 Å². The van der Waals surface area contributed by atoms with Crippen LogP contribution in [-0.4, -0.2) is 11.3 Å². The average Bonchev–Trinajstić information content (AvgIpc) is 3.01. The Morgan fingerprint density at radius 1 is 0.852 bits per heavy atom. The molecule has 0 saturated carbocycles. The summed E-state index contributed by atoms with van der Waals surface area (Å²) in [6.07, 6.45) is 10.2. The summed E-state index contributed by atoms with van der Waals surface area (Å²) >= 11 is 0. The van der Waals surface area contributed by atoms with Gasteiger partial charge in [0.1, 0.15) is 0 Å². The predicted molar refractivity (Wildman–Crippen MR) is 103 cm³/mol. The first kappa shape index (κ1) is 35.4. The Bertz CT molecular complexity index is 563. The number of allylic oxidation sites excluding steroid dienone is 5. The summed E-state index contributed by atoms with van der Waals surface area (Å²) in [4.78, 5) is 0. The maximum absolute atomic E-state index is 2.39. The smallest absolute Gasteiger partial charge is 1.00 e. The first-order valence-corrected chi connectivity index (χ1v) is 9.96. The van der Waals surface area contributed by atoms with Gasteiger partial charge < -0.3 is 49.6 Å². The molecular formula is C21H29Cl4PZr. The minimum Gasteiger partial charge on any atom is -1.00 e. The van der Waals surface area contributed by atoms with Crippen molar-refractivity contribution >= 4 is 13.2 Å². The van der Waals surface area contributed by atoms with E-state index in [4.69, 9.17) is 0 Å². The number of benzene rings is 1. The maximum atomic E-state index is 2.39. The predicted octanol–water partition coefficient (Wildman–Crippen LogP) is -5.14. The van der Waals surface area contributed by atoms with E-state index in [1.54, 1.807) is 10.9 Å². The second-order valence-corrected chi connectivity index (χ2v) is 9.81. The van der Waals surface area contributed by atoms with Crippen molar-refractivity contribution in [3.05, 3.63) is 65.8 Å². The van der Waals surface area contributed by atoms with E-state index in [1.165, 1.54) is 5.56 Å². The minimum absolute atomic E-state index is 0. The second kappa shape index (κ2) is 17.7. The molecule has 150 valence electrons. The van der Waals surface area contributed by atoms with Gasteiger partial charge in [0.15, 0.2) is 0 Å². The third kappa shape index (κ3) is 9.51. The van der Waals surface area contributed by atoms with Gasteiger partial charge in [-0.3, -0.25) is 0 Å². The molecule has 1 aliphatic rings. The molecule has 0 unspecified atom stereocenters. The van der Waals surface area contributed by atoms with Gasteiger partial charge in [-0.2, -0.15) is 0 Å². The van der Waals surface area contributed by atoms with E-state index in [0.717, 1.165) is 6.42 Å². The maximum Gasteiger partial charge on any atom is 4.00 e. The molecule has 0 N–H and O–H groups in total. The molecule has 0 spiro atoms. The SMILES string of the molecule is CCC(=C(c1ccccc1)P(C(C)C)C(C)C)C1C=CC=C1.[Cl-].[Cl-].[Cl-].[Cl-].[Zr+4]. The minimum atomic E-state index is -0.168. The zero-order chi connectivity index (χ0) is 16.1. The van der Waals surface area contributed by atoms with Gasteiger partial charge in [-0.25, -0.2) is 0 Å². The first-order chi connectivity index (χ1) is 10.6. The molecule has 0 fully saturated rings. The van der Waals surface area contributed by atoms with E-state index >= 15 is 0 Å². The van der Waals surface area contributed by atoms with Crippen molar-refractivity contribution in [2.75, 3.05) is 0 Å². The summed E-state index contributed by atoms with van der Waals surface area (Å²) in [6.45, 7) is 11.9. The van der Waals surface area contributed by atoms with Gasteiger partial charge in [0.2, 0.25) is 0 Å². The largest absolute Gasteiger partial charge is 4.00 e. The number of rotatable bonds is 6. The van der Waals surface area contributed by atoms with Crippen LogP contribution in [0, 0.1) is 5.92 Å². The Morgan fingerprint density at radius 3 is 1.67 bits per heavy atom. The van der Waals surface area contributed by atoms with E-state index in [-0.39, 0.29) is 83.8 Å². The van der Waals surface area contributed by atoms with E-state index < -0.39 is 0 Å². The van der Waals surface area contributed by atoms with Crippen LogP contribution in [0.5, 0.6) is 0 Å². The summed E-state index contributed by atoms with van der Waals surface area (Å²) in [5, 5.41) is 1.64. The third-order valence-electron chi connectivity index (χ3n) is 4.25. The Hall–Kier alpha value is 0.913. The van der Waals surface area contributed by atoms with Gasteiger partial charge in [-0.15, -0.1) is 0 Å². The summed E-state index contributed by atoms with van der Waals surface area (Å²) in [5.41, 5.74) is 4.47. The Morgan fingerprint density at radius 2 is 1.30 bits per heavy atom. The van der Waals surface area contributed by atoms with Crippen molar-refractivity contribution in [2.45, 2.75) is 52.4 Å². The summed E-state index contributed by atoms with van der Waals surface area (Å²) < 4.78 is 0. The molecule has 0 bridgehead atoms. The van der Waals surface area contributed by atoms with Crippen LogP contribution < -0.4 is 49.6 Å². The molecule has 2 rings (SSSR count). The van der Waals surface area contributed by atoms with E-state index in [2.05, 4.69) is 89.3 Å². The quantitative estimate of drug-likeness (QED) is 0.314. The van der Waals surface area contributed by atoms with E-state index in [0.29, 0.717) is 17.2 Å². The zero-order valence-corrected chi connectivity index (χ0v) is 23.0. The van der Waals surface area contributed by atoms with Crippen molar-refractivity contribution in [2.24, 2.45) is 5.92 Å². The van der Waals surface area contributed by atoms with Crippen LogP contribution in [0.4, 0.5) is 0 Å². The van der Waals surface area contributed by atoms with Crippen LogP contribution in [0.2, 0.25) is 0 Å². The molecule has 0 radical (unpaired) electrons. The van der Waals surface area contributed by atoms with Crippen LogP contribution in [0.15, 0.2) is 60.2 Å². The summed E-state index contributed by atoms with van der Waals surface area (Å²) in [6, 6.07) is 11.1. The molecule has 0 nitrogen and oxygen atoms in total. The Balaban J connectivity index is -0.000000529. The molecular weight excluding hydrogens is 516 g/mol. The van der Waals surface area contributed by atoms with Gasteiger partial charge in [0, 0.05) is 5.92 Å². The molecule has 0 saturated heterocycles. The standard InChI is InChI=1S/C21H29P.4ClH.Zr/c1-6-20(18-12-10-11-13-18)21(19-14-8-7-9-15-19)22(16(2)3)17(4)5;;;;;/h7-18H,6H2,1-5H3;4*1H;/q;;;;;+4/p-4. The molecule has 1 aromatic rings. The number of hydrogen-bond acceptors (Lipinski definition) is 0. The van der Waals surface area contributed by atoms with Crippen LogP contribution in [0.3, 0.4) is 0 Å². The molecule has 6 heteroatoms. The Kier molecular flexibility index (Phi) is 23.2. The third-order valence-corrected chi connectivity index (χ3v) is 7.54. The van der Waals surface area contributed by atoms with Gasteiger partial charge in [-0.1, -0.05) is 103 Å². The van der Waals surface area contributed by atoms with Crippen molar-refractivity contribution < 1.29 is 75.8 Å². The van der Waals surface area contributed by atoms with Gasteiger partial charge in [0.25, 0.3) is 0 Å². The fraction of sp³-hybridized carbons (Fsp3) is 0.429. The molecule has 0 aliphatic heterocycles. The molecule has 27 heavy (non-hydrogen) atoms. The average molecular weight is 545 g/mol. The van der Waals surface area contributed by atoms with Gasteiger partial charge >= 0.3 is 26.2 Å². The molecule has 1 aromatic carbocycles. The molecule has 0 heterocycles. The summed E-state index contributed by atoms with van der Waals surface area (Å²) in [7, 11) is -0.168. The van der Waals surface area contributed by atoms with Gasteiger partial charge in [0.05, 0.1) is 0 Å². The fourth-order valence-electron chi connectivity index (χ4n) is 3.43. The second-order valence-electron chi connectivity index (χ2n) is 6.48. The van der Waals surface area contributed by atoms with E-state index in [9.17, 15) is 0 Å². The van der Waals surface area contributed by atoms with Crippen LogP contribution >= 0.6 is 7.92 Å². The normalized spacial score (nSPS) is 13.2. The van der Waals surface area contributed by atoms with Crippen molar-refractivity contribution in [1.82, 2.24) is 0 Å². The van der Waals surface area contributed by atoms with Crippen LogP contribution in [0.25, 0.3) is 5.31 Å². The van der Waals surface area contributed by atoms with Crippen molar-refractivity contribution in [3.63, 3.8) is 0 Å².